The van der Waals surface area contributed by atoms with Crippen LogP contribution in [0.2, 0.25) is 0 Å². The number of hydrogen-bond donors (Lipinski definition) is 2. The van der Waals surface area contributed by atoms with Crippen LogP contribution in [0.3, 0.4) is 0 Å². The highest BCUT2D eigenvalue weighted by atomic mass is 32.2. The summed E-state index contributed by atoms with van der Waals surface area (Å²) in [6.45, 7) is 9.05. The van der Waals surface area contributed by atoms with Crippen molar-refractivity contribution < 1.29 is 22.4 Å². The summed E-state index contributed by atoms with van der Waals surface area (Å²) in [5.74, 6) is 2.04. The van der Waals surface area contributed by atoms with Gasteiger partial charge < -0.3 is 19.8 Å². The van der Waals surface area contributed by atoms with Crippen LogP contribution in [0.15, 0.2) is 62.6 Å². The first kappa shape index (κ1) is 28.6. The number of carbonyl (C=O) groups excluding carboxylic acids is 1. The van der Waals surface area contributed by atoms with E-state index in [4.69, 9.17) is 9.15 Å². The van der Waals surface area contributed by atoms with Gasteiger partial charge in [0, 0.05) is 19.5 Å². The summed E-state index contributed by atoms with van der Waals surface area (Å²) in [5, 5.41) is 6.41. The zero-order chi connectivity index (χ0) is 28.4. The second-order valence-corrected chi connectivity index (χ2v) is 12.8. The number of ether oxygens (including phenoxy) is 1. The molecule has 0 saturated carbocycles. The van der Waals surface area contributed by atoms with Crippen molar-refractivity contribution in [2.24, 2.45) is 10.9 Å². The number of aryl methyl sites for hydroxylation is 2. The highest BCUT2D eigenvalue weighted by molar-refractivity contribution is 7.89. The predicted molar refractivity (Wildman–Crippen MR) is 152 cm³/mol. The van der Waals surface area contributed by atoms with E-state index in [9.17, 15) is 13.2 Å². The Labute approximate surface area is 231 Å². The molecule has 210 valence electrons. The summed E-state index contributed by atoms with van der Waals surface area (Å²) in [6.07, 6.45) is 9.44. The molecule has 9 nitrogen and oxygen atoms in total. The molecule has 2 aliphatic rings. The normalized spacial score (nSPS) is 18.5. The van der Waals surface area contributed by atoms with E-state index in [1.54, 1.807) is 39.2 Å². The van der Waals surface area contributed by atoms with Crippen molar-refractivity contribution in [2.75, 3.05) is 27.2 Å². The molecule has 10 heteroatoms. The third-order valence-corrected chi connectivity index (χ3v) is 9.08. The highest BCUT2D eigenvalue weighted by Gasteiger charge is 2.29. The molecule has 1 amide bonds. The summed E-state index contributed by atoms with van der Waals surface area (Å²) in [4.78, 5) is 17.5. The van der Waals surface area contributed by atoms with Crippen LogP contribution in [-0.2, 0) is 16.6 Å². The summed E-state index contributed by atoms with van der Waals surface area (Å²) in [5.41, 5.74) is 2.75. The minimum Gasteiger partial charge on any atom is -0.497 e. The fourth-order valence-electron chi connectivity index (χ4n) is 4.87. The average Bonchev–Trinajstić information content (AvgIpc) is 3.49. The first-order valence-corrected chi connectivity index (χ1v) is 14.5. The van der Waals surface area contributed by atoms with Crippen LogP contribution < -0.4 is 15.4 Å². The molecule has 0 spiro atoms. The number of furan rings is 1. The Morgan fingerprint density at radius 3 is 2.56 bits per heavy atom. The Morgan fingerprint density at radius 2 is 1.97 bits per heavy atom. The van der Waals surface area contributed by atoms with Gasteiger partial charge in [-0.3, -0.25) is 9.79 Å². The van der Waals surface area contributed by atoms with Gasteiger partial charge in [-0.2, -0.15) is 4.31 Å². The molecule has 1 aromatic heterocycles. The first-order chi connectivity index (χ1) is 18.4. The van der Waals surface area contributed by atoms with Crippen molar-refractivity contribution in [3.05, 3.63) is 70.7 Å². The molecule has 0 bridgehead atoms. The van der Waals surface area contributed by atoms with Crippen LogP contribution in [0, 0.1) is 19.8 Å². The van der Waals surface area contributed by atoms with Gasteiger partial charge in [-0.25, -0.2) is 8.42 Å². The molecule has 2 heterocycles. The lowest BCUT2D eigenvalue weighted by Gasteiger charge is -2.22. The quantitative estimate of drug-likeness (QED) is 0.457. The number of allylic oxidation sites excluding steroid dienone is 2. The summed E-state index contributed by atoms with van der Waals surface area (Å²) in [6, 6.07) is 4.97. The lowest BCUT2D eigenvalue weighted by Crippen LogP contribution is -2.41. The highest BCUT2D eigenvalue weighted by Crippen LogP contribution is 2.29. The Hall–Kier alpha value is -3.37. The number of hydrogen-bond acceptors (Lipinski definition) is 7. The van der Waals surface area contributed by atoms with E-state index < -0.39 is 10.0 Å². The third-order valence-electron chi connectivity index (χ3n) is 6.97. The lowest BCUT2D eigenvalue weighted by atomic mass is 9.94. The number of nitrogens with one attached hydrogen (secondary N) is 2. The lowest BCUT2D eigenvalue weighted by molar-refractivity contribution is 0.0953. The summed E-state index contributed by atoms with van der Waals surface area (Å²) >= 11 is 0. The Kier molecular flexibility index (Phi) is 8.37. The number of sulfonamides is 1. The van der Waals surface area contributed by atoms with Crippen LogP contribution >= 0.6 is 0 Å². The molecule has 1 unspecified atom stereocenters. The molecular formula is C29H38N4O5S. The number of rotatable bonds is 10. The zero-order valence-corrected chi connectivity index (χ0v) is 24.3. The molecule has 39 heavy (non-hydrogen) atoms. The van der Waals surface area contributed by atoms with Gasteiger partial charge in [-0.05, 0) is 69.9 Å². The van der Waals surface area contributed by atoms with E-state index in [1.807, 2.05) is 0 Å². The van der Waals surface area contributed by atoms with E-state index in [1.165, 1.54) is 23.2 Å². The van der Waals surface area contributed by atoms with Crippen LogP contribution in [-0.4, -0.2) is 57.3 Å². The second kappa shape index (κ2) is 11.4. The molecule has 1 aliphatic carbocycles. The smallest absolute Gasteiger partial charge is 0.254 e. The second-order valence-electron chi connectivity index (χ2n) is 10.8. The number of benzene rings is 1. The van der Waals surface area contributed by atoms with Gasteiger partial charge >= 0.3 is 0 Å². The maximum atomic E-state index is 13.3. The van der Waals surface area contributed by atoms with E-state index >= 15 is 0 Å². The minimum absolute atomic E-state index is 0.00327. The molecule has 1 aromatic carbocycles. The first-order valence-electron chi connectivity index (χ1n) is 13.1. The number of methoxy groups -OCH3 is 1. The number of amidine groups is 1. The molecular weight excluding hydrogens is 516 g/mol. The van der Waals surface area contributed by atoms with Gasteiger partial charge in [0.2, 0.25) is 10.0 Å². The van der Waals surface area contributed by atoms with Crippen molar-refractivity contribution in [3.8, 4) is 5.75 Å². The molecule has 1 aliphatic heterocycles. The molecule has 2 aromatic rings. The summed E-state index contributed by atoms with van der Waals surface area (Å²) < 4.78 is 38.5. The Bertz CT molecular complexity index is 1410. The van der Waals surface area contributed by atoms with Crippen LogP contribution in [0.25, 0.3) is 0 Å². The van der Waals surface area contributed by atoms with Gasteiger partial charge in [0.25, 0.3) is 5.91 Å². The maximum absolute atomic E-state index is 13.3. The van der Waals surface area contributed by atoms with Gasteiger partial charge in [-0.1, -0.05) is 23.8 Å². The number of nitrogens with zero attached hydrogens (tertiary/aromatic N) is 2. The van der Waals surface area contributed by atoms with Crippen molar-refractivity contribution in [3.63, 3.8) is 0 Å². The predicted octanol–water partition coefficient (Wildman–Crippen LogP) is 4.13. The van der Waals surface area contributed by atoms with Gasteiger partial charge in [0.1, 0.15) is 23.6 Å². The Balaban J connectivity index is 1.28. The van der Waals surface area contributed by atoms with Crippen molar-refractivity contribution >= 4 is 21.8 Å². The molecule has 0 radical (unpaired) electrons. The molecule has 1 atom stereocenters. The number of carbonyl (C=O) groups is 1. The van der Waals surface area contributed by atoms with Crippen molar-refractivity contribution in [1.29, 1.82) is 0 Å². The van der Waals surface area contributed by atoms with E-state index in [0.717, 1.165) is 18.8 Å². The third kappa shape index (κ3) is 6.62. The van der Waals surface area contributed by atoms with Gasteiger partial charge in [0.05, 0.1) is 36.2 Å². The molecule has 2 N–H and O–H groups in total. The van der Waals surface area contributed by atoms with Crippen LogP contribution in [0.1, 0.15) is 53.9 Å². The standard InChI is InChI=1S/C29H38N4O5S/c1-19-13-24(37-6)14-20(2)26(19)39(35,36)33(5)16-25-15-23(17-38-25)28(34)30-12-11-21-7-9-22(10-8-21)27-31-18-29(3,4)32-27/h7-9,13-15,17,22H,10-12,16,18H2,1-6H3,(H,30,34)(H,31,32). The van der Waals surface area contributed by atoms with E-state index in [2.05, 4.69) is 47.7 Å². The van der Waals surface area contributed by atoms with Crippen molar-refractivity contribution in [1.82, 2.24) is 14.9 Å². The molecule has 0 saturated heterocycles. The number of aliphatic imine (C=N–C) groups is 1. The van der Waals surface area contributed by atoms with Gasteiger partial charge in [-0.15, -0.1) is 0 Å². The fraction of sp³-hybridized carbons (Fsp3) is 0.448. The summed E-state index contributed by atoms with van der Waals surface area (Å²) in [7, 11) is -0.745. The van der Waals surface area contributed by atoms with Crippen LogP contribution in [0.4, 0.5) is 0 Å². The van der Waals surface area contributed by atoms with Crippen molar-refractivity contribution in [2.45, 2.75) is 57.5 Å². The zero-order valence-electron chi connectivity index (χ0n) is 23.5. The SMILES string of the molecule is COc1cc(C)c(S(=O)(=O)N(C)Cc2cc(C(=O)NCCC3=CCC(C4=NCC(C)(C)N4)C=C3)co2)c(C)c1. The molecule has 4 rings (SSSR count). The van der Waals surface area contributed by atoms with Gasteiger partial charge in [0.15, 0.2) is 0 Å². The molecule has 0 fully saturated rings. The minimum atomic E-state index is -3.78. The average molecular weight is 555 g/mol. The fourth-order valence-corrected chi connectivity index (χ4v) is 6.41. The topological polar surface area (TPSA) is 113 Å². The van der Waals surface area contributed by atoms with E-state index in [-0.39, 0.29) is 28.8 Å². The van der Waals surface area contributed by atoms with E-state index in [0.29, 0.717) is 41.2 Å². The maximum Gasteiger partial charge on any atom is 0.254 e. The largest absolute Gasteiger partial charge is 0.497 e. The van der Waals surface area contributed by atoms with Crippen LogP contribution in [0.5, 0.6) is 5.75 Å². The Morgan fingerprint density at radius 1 is 1.26 bits per heavy atom. The monoisotopic (exact) mass is 554 g/mol. The number of amides is 1.